The Morgan fingerprint density at radius 1 is 0.407 bits per heavy atom. The maximum Gasteiger partial charge on any atom is 0.136 e. The lowest BCUT2D eigenvalue weighted by Crippen LogP contribution is -2.20. The van der Waals surface area contributed by atoms with Gasteiger partial charge in [0, 0.05) is 27.3 Å². The first kappa shape index (κ1) is 33.7. The molecule has 0 saturated heterocycles. The molecule has 1 aliphatic carbocycles. The van der Waals surface area contributed by atoms with Crippen molar-refractivity contribution in [2.75, 3.05) is 4.90 Å². The van der Waals surface area contributed by atoms with Gasteiger partial charge < -0.3 is 9.32 Å². The Kier molecular flexibility index (Phi) is 7.31. The lowest BCUT2D eigenvalue weighted by molar-refractivity contribution is 0.661. The molecule has 12 rings (SSSR count). The van der Waals surface area contributed by atoms with E-state index in [1.807, 2.05) is 6.07 Å². The van der Waals surface area contributed by atoms with E-state index in [-0.39, 0.29) is 5.41 Å². The van der Waals surface area contributed by atoms with Crippen molar-refractivity contribution in [3.63, 3.8) is 0 Å². The molecule has 0 atom stereocenters. The topological polar surface area (TPSA) is 16.4 Å². The number of furan rings is 1. The molecule has 0 radical (unpaired) electrons. The normalized spacial score (nSPS) is 13.1. The standard InChI is InChI=1S/C57H39NO/c1-57(2)49-25-11-9-20-44(49)46-23-13-26-50(56(46)57)58(51-35-38-16-4-5-17-40(38)43-19-7-8-21-45(43)51)39-32-29-37(30-33-39)42-34-31-36-15-3-6-18-41(36)54(42)48-24-14-28-53-55(48)47-22-10-12-27-52(47)59-53/h3-35H,1-2H3. The molecule has 59 heavy (non-hydrogen) atoms. The second-order valence-electron chi connectivity index (χ2n) is 16.4. The van der Waals surface area contributed by atoms with Gasteiger partial charge in [0.15, 0.2) is 0 Å². The largest absolute Gasteiger partial charge is 0.456 e. The average molecular weight is 754 g/mol. The van der Waals surface area contributed by atoms with Gasteiger partial charge in [-0.15, -0.1) is 0 Å². The van der Waals surface area contributed by atoms with Crippen molar-refractivity contribution in [2.45, 2.75) is 19.3 Å². The highest BCUT2D eigenvalue weighted by Crippen LogP contribution is 2.55. The van der Waals surface area contributed by atoms with Gasteiger partial charge in [-0.2, -0.15) is 0 Å². The van der Waals surface area contributed by atoms with E-state index in [9.17, 15) is 0 Å². The Hall–Kier alpha value is -7.42. The Labute approximate surface area is 343 Å². The zero-order valence-electron chi connectivity index (χ0n) is 32.9. The Morgan fingerprint density at radius 3 is 1.88 bits per heavy atom. The Morgan fingerprint density at radius 2 is 1.03 bits per heavy atom. The molecule has 0 amide bonds. The summed E-state index contributed by atoms with van der Waals surface area (Å²) in [7, 11) is 0. The highest BCUT2D eigenvalue weighted by Gasteiger charge is 2.39. The van der Waals surface area contributed by atoms with Gasteiger partial charge in [-0.3, -0.25) is 0 Å². The second kappa shape index (κ2) is 12.8. The molecule has 0 bridgehead atoms. The van der Waals surface area contributed by atoms with Gasteiger partial charge in [0.1, 0.15) is 11.2 Å². The van der Waals surface area contributed by atoms with Crippen LogP contribution >= 0.6 is 0 Å². The van der Waals surface area contributed by atoms with E-state index in [1.54, 1.807) is 0 Å². The van der Waals surface area contributed by atoms with Crippen LogP contribution in [0.1, 0.15) is 25.0 Å². The van der Waals surface area contributed by atoms with Crippen LogP contribution < -0.4 is 4.90 Å². The van der Waals surface area contributed by atoms with Crippen molar-refractivity contribution in [3.8, 4) is 33.4 Å². The summed E-state index contributed by atoms with van der Waals surface area (Å²) in [5.74, 6) is 0. The maximum atomic E-state index is 6.42. The van der Waals surface area contributed by atoms with Gasteiger partial charge in [-0.1, -0.05) is 178 Å². The monoisotopic (exact) mass is 753 g/mol. The van der Waals surface area contributed by atoms with E-state index in [2.05, 4.69) is 213 Å². The van der Waals surface area contributed by atoms with Crippen molar-refractivity contribution in [1.29, 1.82) is 0 Å². The van der Waals surface area contributed by atoms with Crippen LogP contribution in [0.5, 0.6) is 0 Å². The Balaban J connectivity index is 1.10. The minimum Gasteiger partial charge on any atom is -0.456 e. The van der Waals surface area contributed by atoms with Crippen LogP contribution in [0.3, 0.4) is 0 Å². The zero-order chi connectivity index (χ0) is 39.2. The minimum atomic E-state index is -0.203. The van der Waals surface area contributed by atoms with Crippen LogP contribution in [0.4, 0.5) is 17.1 Å². The highest BCUT2D eigenvalue weighted by molar-refractivity contribution is 6.18. The second-order valence-corrected chi connectivity index (χ2v) is 16.4. The Bertz CT molecular complexity index is 3480. The van der Waals surface area contributed by atoms with E-state index >= 15 is 0 Å². The minimum absolute atomic E-state index is 0.203. The van der Waals surface area contributed by atoms with Gasteiger partial charge in [0.05, 0.1) is 11.4 Å². The molecular formula is C57H39NO. The van der Waals surface area contributed by atoms with Crippen LogP contribution in [0.25, 0.3) is 87.6 Å². The van der Waals surface area contributed by atoms with Crippen molar-refractivity contribution in [1.82, 2.24) is 0 Å². The predicted molar refractivity (Wildman–Crippen MR) is 249 cm³/mol. The first-order valence-electron chi connectivity index (χ1n) is 20.5. The number of anilines is 3. The number of para-hydroxylation sites is 1. The third kappa shape index (κ3) is 5.00. The number of rotatable bonds is 5. The SMILES string of the molecule is CC1(C)c2ccccc2-c2cccc(N(c3ccc(-c4ccc5ccccc5c4-c4cccc5oc6ccccc6c45)cc3)c3cc4ccccc4c4ccccc34)c21. The summed E-state index contributed by atoms with van der Waals surface area (Å²) in [4.78, 5) is 2.52. The molecule has 10 aromatic carbocycles. The van der Waals surface area contributed by atoms with Gasteiger partial charge in [-0.25, -0.2) is 0 Å². The van der Waals surface area contributed by atoms with Crippen LogP contribution in [-0.2, 0) is 5.41 Å². The van der Waals surface area contributed by atoms with E-state index in [1.165, 1.54) is 76.9 Å². The summed E-state index contributed by atoms with van der Waals surface area (Å²) in [5.41, 5.74) is 15.1. The number of fused-ring (bicyclic) bond motifs is 10. The number of hydrogen-bond acceptors (Lipinski definition) is 2. The molecule has 1 aromatic heterocycles. The highest BCUT2D eigenvalue weighted by atomic mass is 16.3. The summed E-state index contributed by atoms with van der Waals surface area (Å²) in [6.07, 6.45) is 0. The first-order chi connectivity index (χ1) is 29.0. The van der Waals surface area contributed by atoms with Crippen molar-refractivity contribution in [3.05, 3.63) is 211 Å². The third-order valence-electron chi connectivity index (χ3n) is 12.8. The quantitative estimate of drug-likeness (QED) is 0.163. The molecule has 1 aliphatic rings. The van der Waals surface area contributed by atoms with Crippen molar-refractivity contribution in [2.24, 2.45) is 0 Å². The molecule has 0 spiro atoms. The molecule has 278 valence electrons. The molecule has 2 nitrogen and oxygen atoms in total. The van der Waals surface area contributed by atoms with E-state index < -0.39 is 0 Å². The lowest BCUT2D eigenvalue weighted by atomic mass is 9.81. The number of benzene rings is 10. The zero-order valence-corrected chi connectivity index (χ0v) is 32.9. The molecule has 0 saturated carbocycles. The van der Waals surface area contributed by atoms with Crippen LogP contribution in [0.15, 0.2) is 205 Å². The molecule has 1 heterocycles. The van der Waals surface area contributed by atoms with Crippen molar-refractivity contribution < 1.29 is 4.42 Å². The van der Waals surface area contributed by atoms with Gasteiger partial charge in [-0.05, 0) is 108 Å². The molecule has 2 heteroatoms. The van der Waals surface area contributed by atoms with Crippen LogP contribution in [-0.4, -0.2) is 0 Å². The molecule has 11 aromatic rings. The maximum absolute atomic E-state index is 6.42. The van der Waals surface area contributed by atoms with E-state index in [0.29, 0.717) is 0 Å². The fourth-order valence-electron chi connectivity index (χ4n) is 10.2. The van der Waals surface area contributed by atoms with E-state index in [0.717, 1.165) is 38.9 Å². The average Bonchev–Trinajstić information content (AvgIpc) is 3.79. The molecule has 0 unspecified atom stereocenters. The summed E-state index contributed by atoms with van der Waals surface area (Å²) < 4.78 is 6.42. The summed E-state index contributed by atoms with van der Waals surface area (Å²) >= 11 is 0. The van der Waals surface area contributed by atoms with Gasteiger partial charge >= 0.3 is 0 Å². The number of nitrogens with zero attached hydrogens (tertiary/aromatic N) is 1. The molecule has 0 fully saturated rings. The molecule has 0 N–H and O–H groups in total. The predicted octanol–water partition coefficient (Wildman–Crippen LogP) is 16.2. The number of hydrogen-bond donors (Lipinski definition) is 0. The third-order valence-corrected chi connectivity index (χ3v) is 12.8. The summed E-state index contributed by atoms with van der Waals surface area (Å²) in [6.45, 7) is 4.76. The fraction of sp³-hybridized carbons (Fsp3) is 0.0526. The van der Waals surface area contributed by atoms with Gasteiger partial charge in [0.2, 0.25) is 0 Å². The van der Waals surface area contributed by atoms with Gasteiger partial charge in [0.25, 0.3) is 0 Å². The molecule has 0 aliphatic heterocycles. The molecular weight excluding hydrogens is 715 g/mol. The summed E-state index contributed by atoms with van der Waals surface area (Å²) in [5, 5.41) is 9.66. The van der Waals surface area contributed by atoms with E-state index in [4.69, 9.17) is 4.42 Å². The summed E-state index contributed by atoms with van der Waals surface area (Å²) in [6, 6.07) is 73.2. The van der Waals surface area contributed by atoms with Crippen LogP contribution in [0, 0.1) is 0 Å². The van der Waals surface area contributed by atoms with Crippen molar-refractivity contribution >= 4 is 71.3 Å². The fourth-order valence-corrected chi connectivity index (χ4v) is 10.2. The first-order valence-corrected chi connectivity index (χ1v) is 20.5. The van der Waals surface area contributed by atoms with Crippen LogP contribution in [0.2, 0.25) is 0 Å². The smallest absolute Gasteiger partial charge is 0.136 e. The lowest BCUT2D eigenvalue weighted by Gasteiger charge is -2.33.